The quantitative estimate of drug-likeness (QED) is 0.698. The molecule has 0 atom stereocenters. The van der Waals surface area contributed by atoms with Crippen LogP contribution in [0.4, 0.5) is 0 Å². The second-order valence-corrected chi connectivity index (χ2v) is 4.42. The molecule has 3 heteroatoms. The summed E-state index contributed by atoms with van der Waals surface area (Å²) in [6.07, 6.45) is 0. The van der Waals surface area contributed by atoms with Crippen molar-refractivity contribution in [1.82, 2.24) is 0 Å². The lowest BCUT2D eigenvalue weighted by Crippen LogP contribution is -1.72. The zero-order valence-electron chi connectivity index (χ0n) is 7.69. The van der Waals surface area contributed by atoms with E-state index in [9.17, 15) is 0 Å². The number of ether oxygens (including phenoxy) is 1. The van der Waals surface area contributed by atoms with Gasteiger partial charge >= 0.3 is 0 Å². The third-order valence-corrected chi connectivity index (χ3v) is 2.99. The molecule has 0 aromatic carbocycles. The molecule has 70 valence electrons. The Kier molecular flexibility index (Phi) is 4.57. The van der Waals surface area contributed by atoms with Gasteiger partial charge in [-0.15, -0.1) is 22.7 Å². The van der Waals surface area contributed by atoms with Crippen molar-refractivity contribution in [2.45, 2.75) is 6.92 Å². The van der Waals surface area contributed by atoms with Crippen LogP contribution in [0, 0.1) is 6.92 Å². The van der Waals surface area contributed by atoms with E-state index in [4.69, 9.17) is 4.74 Å². The van der Waals surface area contributed by atoms with E-state index in [-0.39, 0.29) is 0 Å². The van der Waals surface area contributed by atoms with Gasteiger partial charge in [-0.1, -0.05) is 6.07 Å². The van der Waals surface area contributed by atoms with Crippen LogP contribution in [0.25, 0.3) is 0 Å². The van der Waals surface area contributed by atoms with Crippen molar-refractivity contribution < 1.29 is 4.74 Å². The van der Waals surface area contributed by atoms with E-state index >= 15 is 0 Å². The van der Waals surface area contributed by atoms with Crippen LogP contribution in [0.1, 0.15) is 4.88 Å². The minimum atomic E-state index is 0.972. The van der Waals surface area contributed by atoms with Gasteiger partial charge in [-0.3, -0.25) is 0 Å². The topological polar surface area (TPSA) is 9.23 Å². The van der Waals surface area contributed by atoms with Crippen LogP contribution in [0.3, 0.4) is 0 Å². The lowest BCUT2D eigenvalue weighted by Gasteiger charge is -1.86. The van der Waals surface area contributed by atoms with Crippen molar-refractivity contribution in [3.8, 4) is 5.06 Å². The van der Waals surface area contributed by atoms with Gasteiger partial charge in [0.2, 0.25) is 0 Å². The highest BCUT2D eigenvalue weighted by molar-refractivity contribution is 7.11. The minimum Gasteiger partial charge on any atom is -0.487 e. The zero-order valence-corrected chi connectivity index (χ0v) is 9.32. The average molecular weight is 212 g/mol. The molecule has 0 saturated heterocycles. The van der Waals surface area contributed by atoms with Gasteiger partial charge in [0.1, 0.15) is 0 Å². The summed E-state index contributed by atoms with van der Waals surface area (Å²) < 4.78 is 4.87. The molecule has 2 aromatic rings. The zero-order chi connectivity index (χ0) is 9.52. The van der Waals surface area contributed by atoms with Crippen molar-refractivity contribution in [2.24, 2.45) is 0 Å². The molecule has 0 aliphatic rings. The second kappa shape index (κ2) is 5.78. The van der Waals surface area contributed by atoms with E-state index in [0.29, 0.717) is 0 Å². The Bertz CT molecular complexity index is 298. The first-order valence-electron chi connectivity index (χ1n) is 3.90. The summed E-state index contributed by atoms with van der Waals surface area (Å²) in [6.45, 7) is 2.10. The van der Waals surface area contributed by atoms with Gasteiger partial charge in [0.25, 0.3) is 0 Å². The Morgan fingerprint density at radius 3 is 2.00 bits per heavy atom. The van der Waals surface area contributed by atoms with E-state index in [1.807, 2.05) is 17.5 Å². The molecule has 0 spiro atoms. The van der Waals surface area contributed by atoms with Crippen molar-refractivity contribution >= 4 is 22.7 Å². The summed E-state index contributed by atoms with van der Waals surface area (Å²) in [4.78, 5) is 1.38. The van der Waals surface area contributed by atoms with Crippen LogP contribution in [-0.4, -0.2) is 7.11 Å². The molecule has 1 nitrogen and oxygen atoms in total. The molecule has 0 aliphatic carbocycles. The summed E-state index contributed by atoms with van der Waals surface area (Å²) in [5.41, 5.74) is 0. The maximum absolute atomic E-state index is 4.87. The van der Waals surface area contributed by atoms with Gasteiger partial charge in [-0.25, -0.2) is 0 Å². The highest BCUT2D eigenvalue weighted by Crippen LogP contribution is 2.16. The molecule has 0 unspecified atom stereocenters. The van der Waals surface area contributed by atoms with Gasteiger partial charge < -0.3 is 4.74 Å². The highest BCUT2D eigenvalue weighted by atomic mass is 32.1. The summed E-state index contributed by atoms with van der Waals surface area (Å²) >= 11 is 3.38. The average Bonchev–Trinajstić information content (AvgIpc) is 2.76. The second-order valence-electron chi connectivity index (χ2n) is 2.36. The van der Waals surface area contributed by atoms with Crippen molar-refractivity contribution in [3.63, 3.8) is 0 Å². The molecule has 0 aliphatic heterocycles. The third kappa shape index (κ3) is 4.10. The fourth-order valence-corrected chi connectivity index (χ4v) is 1.81. The van der Waals surface area contributed by atoms with Crippen LogP contribution in [-0.2, 0) is 0 Å². The van der Waals surface area contributed by atoms with E-state index in [0.717, 1.165) is 5.06 Å². The number of methoxy groups -OCH3 is 1. The minimum absolute atomic E-state index is 0.972. The monoisotopic (exact) mass is 212 g/mol. The van der Waals surface area contributed by atoms with E-state index in [1.54, 1.807) is 29.8 Å². The Hall–Kier alpha value is -0.800. The Morgan fingerprint density at radius 2 is 1.77 bits per heavy atom. The maximum atomic E-state index is 4.87. The SMILES string of the molecule is COc1cccs1.Cc1cccs1. The predicted molar refractivity (Wildman–Crippen MR) is 59.9 cm³/mol. The largest absolute Gasteiger partial charge is 0.487 e. The first-order valence-corrected chi connectivity index (χ1v) is 5.66. The van der Waals surface area contributed by atoms with E-state index in [1.165, 1.54) is 4.88 Å². The third-order valence-electron chi connectivity index (χ3n) is 1.36. The lowest BCUT2D eigenvalue weighted by molar-refractivity contribution is 0.427. The first kappa shape index (κ1) is 10.3. The maximum Gasteiger partial charge on any atom is 0.173 e. The number of hydrogen-bond acceptors (Lipinski definition) is 3. The van der Waals surface area contributed by atoms with Gasteiger partial charge in [-0.05, 0) is 35.9 Å². The van der Waals surface area contributed by atoms with Crippen molar-refractivity contribution in [1.29, 1.82) is 0 Å². The number of rotatable bonds is 1. The Labute approximate surface area is 86.6 Å². The number of aryl methyl sites for hydroxylation is 1. The molecule has 2 rings (SSSR count). The normalized spacial score (nSPS) is 8.77. The van der Waals surface area contributed by atoms with Crippen molar-refractivity contribution in [2.75, 3.05) is 7.11 Å². The molecule has 0 radical (unpaired) electrons. The van der Waals surface area contributed by atoms with Gasteiger partial charge in [-0.2, -0.15) is 0 Å². The Morgan fingerprint density at radius 1 is 1.08 bits per heavy atom. The fraction of sp³-hybridized carbons (Fsp3) is 0.200. The molecular formula is C10H12OS2. The van der Waals surface area contributed by atoms with Gasteiger partial charge in [0.15, 0.2) is 5.06 Å². The first-order chi connectivity index (χ1) is 6.33. The molecule has 0 fully saturated rings. The van der Waals surface area contributed by atoms with E-state index < -0.39 is 0 Å². The summed E-state index contributed by atoms with van der Waals surface area (Å²) in [5, 5.41) is 5.04. The Balaban J connectivity index is 0.000000132. The van der Waals surface area contributed by atoms with E-state index in [2.05, 4.69) is 24.4 Å². The molecule has 13 heavy (non-hydrogen) atoms. The summed E-state index contributed by atoms with van der Waals surface area (Å²) in [6, 6.07) is 8.05. The molecule has 2 aromatic heterocycles. The van der Waals surface area contributed by atoms with Crippen LogP contribution < -0.4 is 4.74 Å². The van der Waals surface area contributed by atoms with Crippen LogP contribution >= 0.6 is 22.7 Å². The molecular weight excluding hydrogens is 200 g/mol. The fourth-order valence-electron chi connectivity index (χ4n) is 0.740. The van der Waals surface area contributed by atoms with Gasteiger partial charge in [0, 0.05) is 4.88 Å². The molecule has 0 amide bonds. The predicted octanol–water partition coefficient (Wildman–Crippen LogP) is 3.81. The highest BCUT2D eigenvalue weighted by Gasteiger charge is 1.83. The van der Waals surface area contributed by atoms with Crippen molar-refractivity contribution in [3.05, 3.63) is 39.9 Å². The molecule has 0 N–H and O–H groups in total. The van der Waals surface area contributed by atoms with Crippen LogP contribution in [0.2, 0.25) is 0 Å². The molecule has 2 heterocycles. The lowest BCUT2D eigenvalue weighted by atomic mass is 10.5. The smallest absolute Gasteiger partial charge is 0.173 e. The summed E-state index contributed by atoms with van der Waals surface area (Å²) in [5.74, 6) is 0. The number of hydrogen-bond donors (Lipinski definition) is 0. The summed E-state index contributed by atoms with van der Waals surface area (Å²) in [7, 11) is 1.67. The van der Waals surface area contributed by atoms with Crippen LogP contribution in [0.15, 0.2) is 35.0 Å². The van der Waals surface area contributed by atoms with Crippen LogP contribution in [0.5, 0.6) is 5.06 Å². The number of thiophene rings is 2. The molecule has 0 bridgehead atoms. The standard InChI is InChI=1S/C5H6OS.C5H6S/c1-6-5-3-2-4-7-5;1-5-3-2-4-6-5/h2-4H,1H3;2-4H,1H3. The molecule has 0 saturated carbocycles. The van der Waals surface area contributed by atoms with Gasteiger partial charge in [0.05, 0.1) is 7.11 Å².